The Morgan fingerprint density at radius 2 is 2.05 bits per heavy atom. The van der Waals surface area contributed by atoms with Gasteiger partial charge in [-0.2, -0.15) is 0 Å². The summed E-state index contributed by atoms with van der Waals surface area (Å²) in [6.07, 6.45) is 5.49. The Balaban J connectivity index is 2.21. The normalized spacial score (nSPS) is 16.9. The molecule has 20 heavy (non-hydrogen) atoms. The molecule has 0 spiro atoms. The highest BCUT2D eigenvalue weighted by Gasteiger charge is 2.28. The molecular formula is C15H22N2O3. The number of nitro benzene ring substituents is 1. The number of non-ortho nitro benzene ring substituents is 1. The molecule has 0 aliphatic heterocycles. The number of anilines is 1. The van der Waals surface area contributed by atoms with Crippen LogP contribution < -0.4 is 10.1 Å². The standard InChI is InChI=1S/C15H22N2O3/c1-3-8-20-14-10-12(9-13(11-14)17(18)19)16-15(2)6-4-5-7-15/h9-11,16H,3-8H2,1-2H3. The second kappa shape index (κ2) is 6.11. The van der Waals surface area contributed by atoms with Crippen molar-refractivity contribution in [2.45, 2.75) is 51.5 Å². The second-order valence-corrected chi connectivity index (χ2v) is 5.71. The van der Waals surface area contributed by atoms with E-state index in [0.29, 0.717) is 12.4 Å². The Hall–Kier alpha value is -1.78. The summed E-state index contributed by atoms with van der Waals surface area (Å²) < 4.78 is 5.54. The Kier molecular flexibility index (Phi) is 4.47. The van der Waals surface area contributed by atoms with Gasteiger partial charge in [-0.1, -0.05) is 19.8 Å². The van der Waals surface area contributed by atoms with E-state index in [1.165, 1.54) is 18.9 Å². The fourth-order valence-electron chi connectivity index (χ4n) is 2.69. The molecule has 1 aromatic carbocycles. The molecule has 0 aromatic heterocycles. The van der Waals surface area contributed by atoms with Gasteiger partial charge in [0.25, 0.3) is 5.69 Å². The highest BCUT2D eigenvalue weighted by Crippen LogP contribution is 2.35. The second-order valence-electron chi connectivity index (χ2n) is 5.71. The van der Waals surface area contributed by atoms with E-state index in [1.807, 2.05) is 13.0 Å². The van der Waals surface area contributed by atoms with E-state index in [-0.39, 0.29) is 16.1 Å². The predicted octanol–water partition coefficient (Wildman–Crippen LogP) is 4.13. The maximum atomic E-state index is 11.0. The van der Waals surface area contributed by atoms with E-state index in [0.717, 1.165) is 24.9 Å². The van der Waals surface area contributed by atoms with Gasteiger partial charge in [-0.3, -0.25) is 10.1 Å². The molecule has 1 fully saturated rings. The number of nitrogens with zero attached hydrogens (tertiary/aromatic N) is 1. The molecule has 1 saturated carbocycles. The van der Waals surface area contributed by atoms with Gasteiger partial charge in [0, 0.05) is 23.4 Å². The van der Waals surface area contributed by atoms with Gasteiger partial charge in [-0.15, -0.1) is 0 Å². The van der Waals surface area contributed by atoms with Crippen LogP contribution in [0.15, 0.2) is 18.2 Å². The first-order chi connectivity index (χ1) is 9.52. The van der Waals surface area contributed by atoms with E-state index < -0.39 is 0 Å². The summed E-state index contributed by atoms with van der Waals surface area (Å²) in [5.41, 5.74) is 0.884. The van der Waals surface area contributed by atoms with Crippen LogP contribution in [0.25, 0.3) is 0 Å². The molecule has 0 bridgehead atoms. The summed E-state index contributed by atoms with van der Waals surface area (Å²) in [6, 6.07) is 4.92. The summed E-state index contributed by atoms with van der Waals surface area (Å²) >= 11 is 0. The molecule has 0 saturated heterocycles. The van der Waals surface area contributed by atoms with Crippen molar-refractivity contribution < 1.29 is 9.66 Å². The van der Waals surface area contributed by atoms with E-state index in [2.05, 4.69) is 12.2 Å². The SMILES string of the molecule is CCCOc1cc(NC2(C)CCCC2)cc([N+](=O)[O-])c1. The molecule has 1 aliphatic rings. The molecule has 0 amide bonds. The Bertz CT molecular complexity index is 482. The van der Waals surface area contributed by atoms with Gasteiger partial charge in [0.05, 0.1) is 17.6 Å². The van der Waals surface area contributed by atoms with E-state index >= 15 is 0 Å². The third kappa shape index (κ3) is 3.62. The topological polar surface area (TPSA) is 64.4 Å². The zero-order chi connectivity index (χ0) is 14.6. The van der Waals surface area contributed by atoms with Crippen molar-refractivity contribution in [1.29, 1.82) is 0 Å². The average Bonchev–Trinajstić information content (AvgIpc) is 2.82. The number of nitro groups is 1. The maximum absolute atomic E-state index is 11.0. The van der Waals surface area contributed by atoms with Crippen molar-refractivity contribution >= 4 is 11.4 Å². The van der Waals surface area contributed by atoms with Crippen molar-refractivity contribution in [2.75, 3.05) is 11.9 Å². The highest BCUT2D eigenvalue weighted by molar-refractivity contribution is 5.57. The first-order valence-corrected chi connectivity index (χ1v) is 7.23. The summed E-state index contributed by atoms with van der Waals surface area (Å²) in [6.45, 7) is 4.75. The Labute approximate surface area is 119 Å². The largest absolute Gasteiger partial charge is 0.493 e. The molecule has 0 heterocycles. The first-order valence-electron chi connectivity index (χ1n) is 7.23. The molecule has 0 radical (unpaired) electrons. The third-order valence-electron chi connectivity index (χ3n) is 3.73. The zero-order valence-electron chi connectivity index (χ0n) is 12.1. The molecule has 0 unspecified atom stereocenters. The highest BCUT2D eigenvalue weighted by atomic mass is 16.6. The lowest BCUT2D eigenvalue weighted by Crippen LogP contribution is -2.30. The maximum Gasteiger partial charge on any atom is 0.275 e. The minimum atomic E-state index is -0.374. The molecule has 2 rings (SSSR count). The number of benzene rings is 1. The summed E-state index contributed by atoms with van der Waals surface area (Å²) in [4.78, 5) is 10.6. The van der Waals surface area contributed by atoms with Gasteiger partial charge in [0.2, 0.25) is 0 Å². The first kappa shape index (κ1) is 14.6. The van der Waals surface area contributed by atoms with Gasteiger partial charge < -0.3 is 10.1 Å². The van der Waals surface area contributed by atoms with Crippen molar-refractivity contribution in [2.24, 2.45) is 0 Å². The van der Waals surface area contributed by atoms with Crippen molar-refractivity contribution in [3.8, 4) is 5.75 Å². The van der Waals surface area contributed by atoms with Gasteiger partial charge in [0.1, 0.15) is 5.75 Å². The molecule has 0 atom stereocenters. The molecular weight excluding hydrogens is 256 g/mol. The number of ether oxygens (including phenoxy) is 1. The lowest BCUT2D eigenvalue weighted by Gasteiger charge is -2.26. The smallest absolute Gasteiger partial charge is 0.275 e. The van der Waals surface area contributed by atoms with Crippen LogP contribution in [0.1, 0.15) is 46.0 Å². The summed E-state index contributed by atoms with van der Waals surface area (Å²) in [5.74, 6) is 0.560. The minimum Gasteiger partial charge on any atom is -0.493 e. The number of hydrogen-bond donors (Lipinski definition) is 1. The molecule has 1 aliphatic carbocycles. The molecule has 110 valence electrons. The number of nitrogens with one attached hydrogen (secondary N) is 1. The van der Waals surface area contributed by atoms with E-state index in [1.54, 1.807) is 6.07 Å². The quantitative estimate of drug-likeness (QED) is 0.627. The van der Waals surface area contributed by atoms with Crippen LogP contribution in [-0.2, 0) is 0 Å². The zero-order valence-corrected chi connectivity index (χ0v) is 12.1. The average molecular weight is 278 g/mol. The van der Waals surface area contributed by atoms with Crippen molar-refractivity contribution in [1.82, 2.24) is 0 Å². The van der Waals surface area contributed by atoms with Gasteiger partial charge in [0.15, 0.2) is 0 Å². The Morgan fingerprint density at radius 3 is 2.65 bits per heavy atom. The van der Waals surface area contributed by atoms with Crippen LogP contribution in [0.5, 0.6) is 5.75 Å². The van der Waals surface area contributed by atoms with Crippen molar-refractivity contribution in [3.05, 3.63) is 28.3 Å². The third-order valence-corrected chi connectivity index (χ3v) is 3.73. The van der Waals surface area contributed by atoms with Gasteiger partial charge in [-0.25, -0.2) is 0 Å². The monoisotopic (exact) mass is 278 g/mol. The lowest BCUT2D eigenvalue weighted by atomic mass is 10.00. The van der Waals surface area contributed by atoms with Crippen LogP contribution in [0.3, 0.4) is 0 Å². The van der Waals surface area contributed by atoms with Crippen molar-refractivity contribution in [3.63, 3.8) is 0 Å². The Morgan fingerprint density at radius 1 is 1.35 bits per heavy atom. The summed E-state index contributed by atoms with van der Waals surface area (Å²) in [5, 5.41) is 14.5. The van der Waals surface area contributed by atoms with Crippen LogP contribution in [0.4, 0.5) is 11.4 Å². The fourth-order valence-corrected chi connectivity index (χ4v) is 2.69. The molecule has 1 aromatic rings. The van der Waals surface area contributed by atoms with E-state index in [9.17, 15) is 10.1 Å². The summed E-state index contributed by atoms with van der Waals surface area (Å²) in [7, 11) is 0. The minimum absolute atomic E-state index is 0.0389. The van der Waals surface area contributed by atoms with Crippen LogP contribution in [-0.4, -0.2) is 17.1 Å². The molecule has 5 nitrogen and oxygen atoms in total. The van der Waals surface area contributed by atoms with Crippen LogP contribution >= 0.6 is 0 Å². The molecule has 5 heteroatoms. The van der Waals surface area contributed by atoms with E-state index in [4.69, 9.17) is 4.74 Å². The van der Waals surface area contributed by atoms with Crippen LogP contribution in [0, 0.1) is 10.1 Å². The van der Waals surface area contributed by atoms with Crippen LogP contribution in [0.2, 0.25) is 0 Å². The van der Waals surface area contributed by atoms with Gasteiger partial charge in [-0.05, 0) is 26.2 Å². The molecule has 1 N–H and O–H groups in total. The lowest BCUT2D eigenvalue weighted by molar-refractivity contribution is -0.384. The predicted molar refractivity (Wildman–Crippen MR) is 79.4 cm³/mol. The van der Waals surface area contributed by atoms with Gasteiger partial charge >= 0.3 is 0 Å². The number of rotatable bonds is 6. The fraction of sp³-hybridized carbons (Fsp3) is 0.600. The number of hydrogen-bond acceptors (Lipinski definition) is 4.